The van der Waals surface area contributed by atoms with Gasteiger partial charge in [-0.2, -0.15) is 5.10 Å². The van der Waals surface area contributed by atoms with Crippen LogP contribution < -0.4 is 21.3 Å². The van der Waals surface area contributed by atoms with Crippen molar-refractivity contribution in [1.29, 1.82) is 0 Å². The van der Waals surface area contributed by atoms with E-state index >= 15 is 0 Å². The van der Waals surface area contributed by atoms with Gasteiger partial charge in [0.15, 0.2) is 0 Å². The van der Waals surface area contributed by atoms with Crippen LogP contribution in [0.25, 0.3) is 5.52 Å². The number of aromatic nitrogens is 3. The molecule has 2 aliphatic carbocycles. The van der Waals surface area contributed by atoms with Gasteiger partial charge in [-0.25, -0.2) is 9.50 Å². The van der Waals surface area contributed by atoms with Crippen molar-refractivity contribution in [2.24, 2.45) is 11.1 Å². The second kappa shape index (κ2) is 7.61. The molecule has 2 fully saturated rings. The minimum Gasteiger partial charge on any atom is -0.474 e. The van der Waals surface area contributed by atoms with E-state index in [1.165, 1.54) is 16.9 Å². The van der Waals surface area contributed by atoms with Gasteiger partial charge >= 0.3 is 7.12 Å². The Morgan fingerprint density at radius 2 is 1.97 bits per heavy atom. The summed E-state index contributed by atoms with van der Waals surface area (Å²) in [5.41, 5.74) is 7.13. The lowest BCUT2D eigenvalue weighted by molar-refractivity contribution is -0.0848. The lowest BCUT2D eigenvalue weighted by Crippen LogP contribution is -2.58. The van der Waals surface area contributed by atoms with Crippen LogP contribution >= 0.6 is 0 Å². The molecule has 0 radical (unpaired) electrons. The number of carbonyl (C=O) groups excluding carboxylic acids is 2. The van der Waals surface area contributed by atoms with E-state index in [1.54, 1.807) is 30.5 Å². The summed E-state index contributed by atoms with van der Waals surface area (Å²) in [6, 6.07) is 6.52. The van der Waals surface area contributed by atoms with Crippen LogP contribution in [0.2, 0.25) is 0 Å². The highest BCUT2D eigenvalue weighted by atomic mass is 16.5. The molecule has 2 amide bonds. The summed E-state index contributed by atoms with van der Waals surface area (Å²) >= 11 is 0. The summed E-state index contributed by atoms with van der Waals surface area (Å²) in [6.07, 6.45) is 7.92. The third kappa shape index (κ3) is 3.59. The van der Waals surface area contributed by atoms with Crippen LogP contribution in [0.1, 0.15) is 46.4 Å². The molecule has 164 valence electrons. The molecule has 5 rings (SSSR count). The average molecular weight is 435 g/mol. The SMILES string of the molecule is NC(=O)c1cccnc1OC1CC2(CC(NC(=O)c3cnn4cc(B(O)O)ccc34)C2)C1. The van der Waals surface area contributed by atoms with Gasteiger partial charge in [-0.15, -0.1) is 0 Å². The molecule has 1 spiro atoms. The number of rotatable bonds is 6. The third-order valence-corrected chi connectivity index (χ3v) is 6.41. The van der Waals surface area contributed by atoms with Gasteiger partial charge in [0.2, 0.25) is 5.88 Å². The molecule has 3 aromatic heterocycles. The van der Waals surface area contributed by atoms with E-state index < -0.39 is 13.0 Å². The predicted octanol–water partition coefficient (Wildman–Crippen LogP) is -0.372. The molecule has 3 heterocycles. The Labute approximate surface area is 183 Å². The van der Waals surface area contributed by atoms with E-state index in [4.69, 9.17) is 10.5 Å². The summed E-state index contributed by atoms with van der Waals surface area (Å²) in [7, 11) is -1.60. The zero-order valence-electron chi connectivity index (χ0n) is 17.1. The van der Waals surface area contributed by atoms with E-state index in [1.807, 2.05) is 0 Å². The summed E-state index contributed by atoms with van der Waals surface area (Å²) in [5.74, 6) is -0.497. The standard InChI is InChI=1S/C21H22BN5O5/c23-18(28)15-2-1-5-24-20(15)32-14-8-21(9-14)6-13(7-21)26-19(29)16-10-25-27-11-12(22(30)31)3-4-17(16)27/h1-5,10-11,13-14,30-31H,6-9H2,(H2,23,28)(H,26,29). The number of hydrogen-bond donors (Lipinski definition) is 4. The number of nitrogens with zero attached hydrogens (tertiary/aromatic N) is 3. The fraction of sp³-hybridized carbons (Fsp3) is 0.333. The highest BCUT2D eigenvalue weighted by Crippen LogP contribution is 2.56. The number of fused-ring (bicyclic) bond motifs is 1. The largest absolute Gasteiger partial charge is 0.490 e. The van der Waals surface area contributed by atoms with Crippen molar-refractivity contribution < 1.29 is 24.4 Å². The fourth-order valence-corrected chi connectivity index (χ4v) is 4.83. The molecule has 11 heteroatoms. The monoisotopic (exact) mass is 435 g/mol. The number of carbonyl (C=O) groups is 2. The molecule has 10 nitrogen and oxygen atoms in total. The quantitative estimate of drug-likeness (QED) is 0.386. The van der Waals surface area contributed by atoms with E-state index in [0.717, 1.165) is 25.7 Å². The molecule has 2 saturated carbocycles. The van der Waals surface area contributed by atoms with E-state index in [-0.39, 0.29) is 34.9 Å². The fourth-order valence-electron chi connectivity index (χ4n) is 4.83. The Bertz CT molecular complexity index is 1200. The first-order valence-electron chi connectivity index (χ1n) is 10.4. The minimum absolute atomic E-state index is 0.0182. The van der Waals surface area contributed by atoms with Crippen molar-refractivity contribution in [3.8, 4) is 5.88 Å². The van der Waals surface area contributed by atoms with Gasteiger partial charge in [0.25, 0.3) is 11.8 Å². The minimum atomic E-state index is -1.60. The van der Waals surface area contributed by atoms with Crippen molar-refractivity contribution in [3.63, 3.8) is 0 Å². The maximum Gasteiger partial charge on any atom is 0.490 e. The molecule has 0 aromatic carbocycles. The first-order chi connectivity index (χ1) is 15.3. The smallest absolute Gasteiger partial charge is 0.474 e. The van der Waals surface area contributed by atoms with Crippen molar-refractivity contribution in [3.05, 3.63) is 54.0 Å². The van der Waals surface area contributed by atoms with Gasteiger partial charge in [-0.05, 0) is 49.3 Å². The van der Waals surface area contributed by atoms with Crippen LogP contribution in [-0.2, 0) is 0 Å². The topological polar surface area (TPSA) is 152 Å². The number of nitrogens with one attached hydrogen (secondary N) is 1. The molecular weight excluding hydrogens is 413 g/mol. The zero-order chi connectivity index (χ0) is 22.5. The maximum absolute atomic E-state index is 12.7. The van der Waals surface area contributed by atoms with Crippen LogP contribution in [0.15, 0.2) is 42.9 Å². The molecule has 0 unspecified atom stereocenters. The summed E-state index contributed by atoms with van der Waals surface area (Å²) in [6.45, 7) is 0. The van der Waals surface area contributed by atoms with E-state index in [2.05, 4.69) is 15.4 Å². The number of hydrogen-bond acceptors (Lipinski definition) is 7. The van der Waals surface area contributed by atoms with Crippen molar-refractivity contribution in [1.82, 2.24) is 19.9 Å². The average Bonchev–Trinajstić information content (AvgIpc) is 3.14. The van der Waals surface area contributed by atoms with Gasteiger partial charge in [-0.1, -0.05) is 6.07 Å². The first kappa shape index (κ1) is 20.5. The molecule has 5 N–H and O–H groups in total. The van der Waals surface area contributed by atoms with Crippen LogP contribution in [0.3, 0.4) is 0 Å². The number of amides is 2. The van der Waals surface area contributed by atoms with Crippen LogP contribution in [0, 0.1) is 5.41 Å². The molecule has 0 atom stereocenters. The molecular formula is C21H22BN5O5. The number of primary amides is 1. The van der Waals surface area contributed by atoms with E-state index in [9.17, 15) is 19.6 Å². The number of nitrogens with two attached hydrogens (primary N) is 1. The Morgan fingerprint density at radius 1 is 1.19 bits per heavy atom. The lowest BCUT2D eigenvalue weighted by atomic mass is 9.53. The normalized spacial score (nSPS) is 23.9. The Hall–Kier alpha value is -3.44. The lowest BCUT2D eigenvalue weighted by Gasteiger charge is -2.57. The molecule has 3 aromatic rings. The summed E-state index contributed by atoms with van der Waals surface area (Å²) in [5, 5.41) is 25.7. The van der Waals surface area contributed by atoms with Crippen molar-refractivity contribution in [2.45, 2.75) is 37.8 Å². The molecule has 2 aliphatic rings. The van der Waals surface area contributed by atoms with Crippen LogP contribution in [0.5, 0.6) is 5.88 Å². The van der Waals surface area contributed by atoms with Crippen LogP contribution in [-0.4, -0.2) is 55.7 Å². The third-order valence-electron chi connectivity index (χ3n) is 6.41. The van der Waals surface area contributed by atoms with E-state index in [0.29, 0.717) is 16.5 Å². The summed E-state index contributed by atoms with van der Waals surface area (Å²) in [4.78, 5) is 28.4. The Kier molecular flexibility index (Phi) is 4.87. The van der Waals surface area contributed by atoms with Gasteiger partial charge in [-0.3, -0.25) is 9.59 Å². The second-order valence-electron chi connectivity index (χ2n) is 8.67. The highest BCUT2D eigenvalue weighted by molar-refractivity contribution is 6.58. The summed E-state index contributed by atoms with van der Waals surface area (Å²) < 4.78 is 7.33. The number of ether oxygens (including phenoxy) is 1. The molecule has 0 saturated heterocycles. The molecule has 0 aliphatic heterocycles. The van der Waals surface area contributed by atoms with Crippen LogP contribution in [0.4, 0.5) is 0 Å². The second-order valence-corrected chi connectivity index (χ2v) is 8.67. The van der Waals surface area contributed by atoms with Gasteiger partial charge in [0, 0.05) is 23.9 Å². The van der Waals surface area contributed by atoms with Crippen molar-refractivity contribution in [2.75, 3.05) is 0 Å². The van der Waals surface area contributed by atoms with Gasteiger partial charge in [0.05, 0.1) is 17.3 Å². The first-order valence-corrected chi connectivity index (χ1v) is 10.4. The molecule has 32 heavy (non-hydrogen) atoms. The maximum atomic E-state index is 12.7. The Balaban J connectivity index is 1.15. The van der Waals surface area contributed by atoms with Gasteiger partial charge in [0.1, 0.15) is 11.7 Å². The predicted molar refractivity (Wildman–Crippen MR) is 114 cm³/mol. The number of pyridine rings is 2. The zero-order valence-corrected chi connectivity index (χ0v) is 17.1. The van der Waals surface area contributed by atoms with Gasteiger partial charge < -0.3 is 25.8 Å². The molecule has 0 bridgehead atoms. The van der Waals surface area contributed by atoms with Crippen molar-refractivity contribution >= 4 is 29.9 Å². The Morgan fingerprint density at radius 3 is 2.69 bits per heavy atom. The highest BCUT2D eigenvalue weighted by Gasteiger charge is 2.54.